The summed E-state index contributed by atoms with van der Waals surface area (Å²) in [6.07, 6.45) is 1.86. The summed E-state index contributed by atoms with van der Waals surface area (Å²) >= 11 is -0.169. The number of nitrogens with one attached hydrogen (secondary N) is 1. The monoisotopic (exact) mass is 724 g/mol. The van der Waals surface area contributed by atoms with Crippen LogP contribution in [0, 0.1) is 0 Å². The number of hydrogen-bond acceptors (Lipinski definition) is 6. The SMILES string of the molecule is COc1ccc(C(OC[C@H]2O[C@@H](n3ccc(=O)[nH]c3=O)[C@H]([Se]c3ccccc3)[C@H]2OCC=C(C)C)(c2ccccc2)c2ccccc2)cc1. The summed E-state index contributed by atoms with van der Waals surface area (Å²) in [5.74, 6) is 0.741. The van der Waals surface area contributed by atoms with Crippen molar-refractivity contribution in [3.8, 4) is 5.75 Å². The molecule has 5 aromatic rings. The number of aromatic amines is 1. The first-order valence-electron chi connectivity index (χ1n) is 16.2. The number of rotatable bonds is 13. The molecule has 1 saturated heterocycles. The van der Waals surface area contributed by atoms with Crippen LogP contribution in [-0.2, 0) is 19.8 Å². The molecule has 1 aliphatic rings. The van der Waals surface area contributed by atoms with Crippen LogP contribution in [-0.4, -0.2) is 57.0 Å². The first-order valence-corrected chi connectivity index (χ1v) is 18.1. The van der Waals surface area contributed by atoms with E-state index in [4.69, 9.17) is 18.9 Å². The van der Waals surface area contributed by atoms with Crippen molar-refractivity contribution >= 4 is 19.4 Å². The predicted molar refractivity (Wildman–Crippen MR) is 192 cm³/mol. The summed E-state index contributed by atoms with van der Waals surface area (Å²) in [5, 5.41) is 0. The third-order valence-corrected chi connectivity index (χ3v) is 11.3. The molecule has 1 N–H and O–H groups in total. The van der Waals surface area contributed by atoms with E-state index in [9.17, 15) is 9.59 Å². The van der Waals surface area contributed by atoms with Gasteiger partial charge in [-0.3, -0.25) is 0 Å². The number of methoxy groups -OCH3 is 1. The summed E-state index contributed by atoms with van der Waals surface area (Å²) in [4.78, 5) is 27.4. The topological polar surface area (TPSA) is 91.8 Å². The number of allylic oxidation sites excluding steroid dienone is 1. The Kier molecular flexibility index (Phi) is 11.1. The van der Waals surface area contributed by atoms with E-state index >= 15 is 0 Å². The molecule has 1 aliphatic heterocycles. The third-order valence-electron chi connectivity index (χ3n) is 8.53. The fraction of sp³-hybridized carbons (Fsp3) is 0.250. The summed E-state index contributed by atoms with van der Waals surface area (Å²) in [6.45, 7) is 4.59. The minimum absolute atomic E-state index is 0.144. The van der Waals surface area contributed by atoms with Crippen molar-refractivity contribution in [2.24, 2.45) is 0 Å². The van der Waals surface area contributed by atoms with E-state index in [0.717, 1.165) is 32.5 Å². The summed E-state index contributed by atoms with van der Waals surface area (Å²) in [7, 11) is 1.65. The standard InChI is InChI=1S/C40H40N2O6Se/c1-28(2)24-26-46-36-34(48-38(42-25-23-35(43)41-39(42)44)37(36)49-33-17-11-6-12-18-33)27-47-40(29-13-7-4-8-14-29,30-15-9-5-10-16-30)31-19-21-32(45-3)22-20-31/h4-25,34,36-38H,26-27H2,1-3H3,(H,41,43,44)/t34-,36+,37-,38-/m1/s1. The average Bonchev–Trinajstić information content (AvgIpc) is 3.46. The Morgan fingerprint density at radius 3 is 2.00 bits per heavy atom. The van der Waals surface area contributed by atoms with Crippen LogP contribution >= 0.6 is 0 Å². The molecule has 1 fully saturated rings. The number of hydrogen-bond donors (Lipinski definition) is 1. The van der Waals surface area contributed by atoms with E-state index in [0.29, 0.717) is 6.61 Å². The fourth-order valence-corrected chi connectivity index (χ4v) is 8.92. The van der Waals surface area contributed by atoms with Crippen LogP contribution in [0.5, 0.6) is 5.75 Å². The first kappa shape index (κ1) is 34.4. The van der Waals surface area contributed by atoms with Crippen LogP contribution in [0.25, 0.3) is 0 Å². The molecular weight excluding hydrogens is 683 g/mol. The molecule has 0 saturated carbocycles. The summed E-state index contributed by atoms with van der Waals surface area (Å²) in [6, 6.07) is 39.7. The molecule has 49 heavy (non-hydrogen) atoms. The molecule has 0 radical (unpaired) electrons. The Balaban J connectivity index is 1.45. The van der Waals surface area contributed by atoms with Gasteiger partial charge in [-0.15, -0.1) is 0 Å². The van der Waals surface area contributed by atoms with Gasteiger partial charge in [0.2, 0.25) is 0 Å². The Hall–Kier alpha value is -4.50. The molecule has 2 heterocycles. The van der Waals surface area contributed by atoms with Crippen LogP contribution in [0.4, 0.5) is 0 Å². The van der Waals surface area contributed by atoms with Gasteiger partial charge in [0.05, 0.1) is 0 Å². The van der Waals surface area contributed by atoms with Crippen molar-refractivity contribution < 1.29 is 18.9 Å². The second-order valence-corrected chi connectivity index (χ2v) is 14.6. The van der Waals surface area contributed by atoms with E-state index in [1.807, 2.05) is 98.8 Å². The normalized spacial score (nSPS) is 19.0. The molecule has 252 valence electrons. The van der Waals surface area contributed by atoms with Crippen molar-refractivity contribution in [1.82, 2.24) is 9.55 Å². The molecule has 6 rings (SSSR count). The van der Waals surface area contributed by atoms with Gasteiger partial charge in [0.15, 0.2) is 0 Å². The molecule has 0 spiro atoms. The molecular formula is C40H40N2O6Se. The van der Waals surface area contributed by atoms with E-state index in [-0.39, 0.29) is 26.4 Å². The Morgan fingerprint density at radius 1 is 0.837 bits per heavy atom. The second-order valence-electron chi connectivity index (χ2n) is 12.0. The van der Waals surface area contributed by atoms with Crippen molar-refractivity contribution in [2.45, 2.75) is 42.7 Å². The third kappa shape index (κ3) is 7.72. The van der Waals surface area contributed by atoms with Gasteiger partial charge in [-0.25, -0.2) is 0 Å². The van der Waals surface area contributed by atoms with E-state index in [2.05, 4.69) is 41.4 Å². The Labute approximate surface area is 292 Å². The van der Waals surface area contributed by atoms with Crippen LogP contribution < -0.4 is 20.4 Å². The van der Waals surface area contributed by atoms with Gasteiger partial charge in [0, 0.05) is 0 Å². The molecule has 0 unspecified atom stereocenters. The number of aromatic nitrogens is 2. The van der Waals surface area contributed by atoms with Gasteiger partial charge < -0.3 is 0 Å². The molecule has 4 atom stereocenters. The molecule has 0 amide bonds. The van der Waals surface area contributed by atoms with Crippen LogP contribution in [0.15, 0.2) is 149 Å². The van der Waals surface area contributed by atoms with Crippen molar-refractivity contribution in [2.75, 3.05) is 20.3 Å². The van der Waals surface area contributed by atoms with Crippen LogP contribution in [0.1, 0.15) is 36.8 Å². The Bertz CT molecular complexity index is 1900. The number of nitrogens with zero attached hydrogens (tertiary/aromatic N) is 1. The summed E-state index contributed by atoms with van der Waals surface area (Å²) in [5.41, 5.74) is 1.94. The van der Waals surface area contributed by atoms with Crippen LogP contribution in [0.3, 0.4) is 0 Å². The molecule has 8 nitrogen and oxygen atoms in total. The van der Waals surface area contributed by atoms with Crippen molar-refractivity contribution in [3.05, 3.63) is 177 Å². The molecule has 4 aromatic carbocycles. The predicted octanol–water partition coefficient (Wildman–Crippen LogP) is 5.62. The van der Waals surface area contributed by atoms with Gasteiger partial charge in [0.25, 0.3) is 0 Å². The molecule has 0 bridgehead atoms. The van der Waals surface area contributed by atoms with Crippen molar-refractivity contribution in [1.29, 1.82) is 0 Å². The molecule has 9 heteroatoms. The average molecular weight is 724 g/mol. The van der Waals surface area contributed by atoms with E-state index in [1.54, 1.807) is 7.11 Å². The Morgan fingerprint density at radius 2 is 1.43 bits per heavy atom. The second kappa shape index (κ2) is 15.8. The maximum absolute atomic E-state index is 13.2. The van der Waals surface area contributed by atoms with Crippen LogP contribution in [0.2, 0.25) is 4.82 Å². The van der Waals surface area contributed by atoms with Gasteiger partial charge in [-0.05, 0) is 0 Å². The van der Waals surface area contributed by atoms with Gasteiger partial charge in [-0.1, -0.05) is 0 Å². The number of benzene rings is 4. The van der Waals surface area contributed by atoms with Gasteiger partial charge in [0.1, 0.15) is 0 Å². The van der Waals surface area contributed by atoms with E-state index in [1.165, 1.54) is 16.8 Å². The zero-order valence-electron chi connectivity index (χ0n) is 27.7. The quantitative estimate of drug-likeness (QED) is 0.0964. The first-order chi connectivity index (χ1) is 23.9. The van der Waals surface area contributed by atoms with Crippen molar-refractivity contribution in [3.63, 3.8) is 0 Å². The zero-order chi connectivity index (χ0) is 34.2. The minimum atomic E-state index is -1.02. The fourth-order valence-electron chi connectivity index (χ4n) is 6.13. The molecule has 1 aromatic heterocycles. The van der Waals surface area contributed by atoms with Gasteiger partial charge in [-0.2, -0.15) is 0 Å². The molecule has 0 aliphatic carbocycles. The number of ether oxygens (including phenoxy) is 4. The summed E-state index contributed by atoms with van der Waals surface area (Å²) < 4.78 is 28.9. The zero-order valence-corrected chi connectivity index (χ0v) is 29.4. The maximum atomic E-state index is 13.2. The van der Waals surface area contributed by atoms with Gasteiger partial charge >= 0.3 is 293 Å². The number of H-pyrrole nitrogens is 1. The van der Waals surface area contributed by atoms with E-state index < -0.39 is 35.3 Å².